The minimum absolute atomic E-state index is 0.0238. The molecule has 1 aliphatic heterocycles. The Morgan fingerprint density at radius 1 is 1.28 bits per heavy atom. The summed E-state index contributed by atoms with van der Waals surface area (Å²) in [5.41, 5.74) is 7.26. The maximum absolute atomic E-state index is 13.0. The standard InChI is InChI=1S/C21H32N6O2/c1-4-26-19(23-27(21(26)29)13-12-24(2)3)18-6-5-11-25(15-18)20(28)17-9-7-16(14-22)8-10-17/h7-10,18H,4-6,11-15,22H2,1-3H3. The number of likely N-dealkylation sites (N-methyl/N-ethyl adjacent to an activating group) is 1. The lowest BCUT2D eigenvalue weighted by molar-refractivity contribution is 0.0703. The molecule has 0 spiro atoms. The lowest BCUT2D eigenvalue weighted by Crippen LogP contribution is -2.40. The van der Waals surface area contributed by atoms with Crippen molar-refractivity contribution < 1.29 is 4.79 Å². The molecule has 3 rings (SSSR count). The van der Waals surface area contributed by atoms with Crippen molar-refractivity contribution in [2.75, 3.05) is 33.7 Å². The van der Waals surface area contributed by atoms with Gasteiger partial charge in [-0.3, -0.25) is 9.36 Å². The summed E-state index contributed by atoms with van der Waals surface area (Å²) in [4.78, 5) is 29.6. The number of carbonyl (C=O) groups excluding carboxylic acids is 1. The van der Waals surface area contributed by atoms with Gasteiger partial charge in [-0.25, -0.2) is 9.48 Å². The molecule has 1 amide bonds. The molecule has 0 saturated carbocycles. The van der Waals surface area contributed by atoms with E-state index in [9.17, 15) is 9.59 Å². The van der Waals surface area contributed by atoms with Gasteiger partial charge in [0.15, 0.2) is 0 Å². The van der Waals surface area contributed by atoms with E-state index in [4.69, 9.17) is 5.73 Å². The van der Waals surface area contributed by atoms with E-state index in [1.807, 2.05) is 55.1 Å². The maximum atomic E-state index is 13.0. The predicted octanol–water partition coefficient (Wildman–Crippen LogP) is 1.10. The lowest BCUT2D eigenvalue weighted by atomic mass is 9.96. The van der Waals surface area contributed by atoms with Crippen molar-refractivity contribution in [1.82, 2.24) is 24.1 Å². The first-order chi connectivity index (χ1) is 13.9. The maximum Gasteiger partial charge on any atom is 0.345 e. The molecule has 1 unspecified atom stereocenters. The highest BCUT2D eigenvalue weighted by atomic mass is 16.2. The van der Waals surface area contributed by atoms with Crippen molar-refractivity contribution >= 4 is 5.91 Å². The van der Waals surface area contributed by atoms with E-state index in [-0.39, 0.29) is 17.5 Å². The summed E-state index contributed by atoms with van der Waals surface area (Å²) in [6.45, 7) is 5.65. The van der Waals surface area contributed by atoms with Gasteiger partial charge in [-0.05, 0) is 51.6 Å². The third-order valence-electron chi connectivity index (χ3n) is 5.54. The molecule has 0 aliphatic carbocycles. The first-order valence-corrected chi connectivity index (χ1v) is 10.3. The number of benzene rings is 1. The molecule has 2 N–H and O–H groups in total. The number of nitrogens with two attached hydrogens (primary N) is 1. The third kappa shape index (κ3) is 4.76. The number of nitrogens with zero attached hydrogens (tertiary/aromatic N) is 5. The van der Waals surface area contributed by atoms with E-state index >= 15 is 0 Å². The van der Waals surface area contributed by atoms with E-state index in [1.54, 1.807) is 9.25 Å². The van der Waals surface area contributed by atoms with Gasteiger partial charge in [0.25, 0.3) is 5.91 Å². The topological polar surface area (TPSA) is 89.4 Å². The van der Waals surface area contributed by atoms with Gasteiger partial charge in [-0.2, -0.15) is 5.10 Å². The number of likely N-dealkylation sites (tertiary alicyclic amines) is 1. The van der Waals surface area contributed by atoms with Gasteiger partial charge in [-0.15, -0.1) is 0 Å². The second kappa shape index (κ2) is 9.37. The second-order valence-corrected chi connectivity index (χ2v) is 7.90. The Bertz CT molecular complexity index is 884. The summed E-state index contributed by atoms with van der Waals surface area (Å²) < 4.78 is 3.31. The summed E-state index contributed by atoms with van der Waals surface area (Å²) in [5, 5.41) is 4.65. The molecular formula is C21H32N6O2. The van der Waals surface area contributed by atoms with Gasteiger partial charge in [0.05, 0.1) is 6.54 Å². The Kier molecular flexibility index (Phi) is 6.87. The number of hydrogen-bond acceptors (Lipinski definition) is 5. The normalized spacial score (nSPS) is 17.1. The van der Waals surface area contributed by atoms with Gasteiger partial charge < -0.3 is 15.5 Å². The van der Waals surface area contributed by atoms with Crippen LogP contribution in [0.5, 0.6) is 0 Å². The fourth-order valence-electron chi connectivity index (χ4n) is 3.84. The molecule has 1 fully saturated rings. The molecule has 1 saturated heterocycles. The fraction of sp³-hybridized carbons (Fsp3) is 0.571. The molecule has 29 heavy (non-hydrogen) atoms. The van der Waals surface area contributed by atoms with Crippen LogP contribution in [0.1, 0.15) is 47.4 Å². The van der Waals surface area contributed by atoms with Crippen LogP contribution >= 0.6 is 0 Å². The highest BCUT2D eigenvalue weighted by Crippen LogP contribution is 2.26. The van der Waals surface area contributed by atoms with Gasteiger partial charge >= 0.3 is 5.69 Å². The Balaban J connectivity index is 1.78. The zero-order chi connectivity index (χ0) is 21.0. The van der Waals surface area contributed by atoms with E-state index in [1.165, 1.54) is 0 Å². The molecule has 0 radical (unpaired) electrons. The van der Waals surface area contributed by atoms with Crippen LogP contribution in [0.3, 0.4) is 0 Å². The summed E-state index contributed by atoms with van der Waals surface area (Å²) in [5.74, 6) is 0.896. The minimum atomic E-state index is -0.0647. The molecule has 1 aromatic heterocycles. The van der Waals surface area contributed by atoms with Crippen LogP contribution < -0.4 is 11.4 Å². The zero-order valence-corrected chi connectivity index (χ0v) is 17.7. The van der Waals surface area contributed by atoms with Crippen LogP contribution in [-0.2, 0) is 19.6 Å². The number of piperidine rings is 1. The molecule has 2 heterocycles. The molecule has 1 atom stereocenters. The predicted molar refractivity (Wildman–Crippen MR) is 113 cm³/mol. The summed E-state index contributed by atoms with van der Waals surface area (Å²) in [6, 6.07) is 7.48. The van der Waals surface area contributed by atoms with Crippen molar-refractivity contribution in [2.24, 2.45) is 5.73 Å². The van der Waals surface area contributed by atoms with Crippen LogP contribution in [0, 0.1) is 0 Å². The van der Waals surface area contributed by atoms with Gasteiger partial charge in [-0.1, -0.05) is 12.1 Å². The van der Waals surface area contributed by atoms with Crippen LogP contribution in [-0.4, -0.2) is 63.8 Å². The van der Waals surface area contributed by atoms with Gasteiger partial charge in [0.2, 0.25) is 0 Å². The molecule has 8 heteroatoms. The Morgan fingerprint density at radius 3 is 2.62 bits per heavy atom. The fourth-order valence-corrected chi connectivity index (χ4v) is 3.84. The number of rotatable bonds is 7. The van der Waals surface area contributed by atoms with Gasteiger partial charge in [0, 0.05) is 44.2 Å². The first kappa shape index (κ1) is 21.3. The quantitative estimate of drug-likeness (QED) is 0.752. The van der Waals surface area contributed by atoms with E-state index in [2.05, 4.69) is 5.10 Å². The van der Waals surface area contributed by atoms with E-state index in [0.717, 1.165) is 37.3 Å². The molecular weight excluding hydrogens is 368 g/mol. The number of amides is 1. The highest BCUT2D eigenvalue weighted by Gasteiger charge is 2.29. The van der Waals surface area contributed by atoms with E-state index in [0.29, 0.717) is 31.7 Å². The smallest absolute Gasteiger partial charge is 0.338 e. The van der Waals surface area contributed by atoms with Crippen molar-refractivity contribution in [2.45, 2.75) is 45.3 Å². The number of carbonyl (C=O) groups is 1. The number of hydrogen-bond donors (Lipinski definition) is 1. The van der Waals surface area contributed by atoms with Gasteiger partial charge in [0.1, 0.15) is 5.82 Å². The molecule has 2 aromatic rings. The third-order valence-corrected chi connectivity index (χ3v) is 5.54. The monoisotopic (exact) mass is 400 g/mol. The minimum Gasteiger partial charge on any atom is -0.338 e. The van der Waals surface area contributed by atoms with Crippen molar-refractivity contribution in [3.8, 4) is 0 Å². The largest absolute Gasteiger partial charge is 0.345 e. The Labute approximate surface area is 171 Å². The lowest BCUT2D eigenvalue weighted by Gasteiger charge is -2.32. The van der Waals surface area contributed by atoms with Crippen LogP contribution in [0.25, 0.3) is 0 Å². The number of aromatic nitrogens is 3. The van der Waals surface area contributed by atoms with E-state index < -0.39 is 0 Å². The summed E-state index contributed by atoms with van der Waals surface area (Å²) in [6.07, 6.45) is 1.83. The highest BCUT2D eigenvalue weighted by molar-refractivity contribution is 5.94. The molecule has 158 valence electrons. The molecule has 1 aliphatic rings. The molecule has 0 bridgehead atoms. The summed E-state index contributed by atoms with van der Waals surface area (Å²) >= 11 is 0. The Hall–Kier alpha value is -2.45. The van der Waals surface area contributed by atoms with Crippen molar-refractivity contribution in [1.29, 1.82) is 0 Å². The van der Waals surface area contributed by atoms with Crippen molar-refractivity contribution in [3.05, 3.63) is 51.7 Å². The second-order valence-electron chi connectivity index (χ2n) is 7.90. The van der Waals surface area contributed by atoms with Crippen molar-refractivity contribution in [3.63, 3.8) is 0 Å². The average Bonchev–Trinajstić information content (AvgIpc) is 3.07. The average molecular weight is 401 g/mol. The van der Waals surface area contributed by atoms with Crippen LogP contribution in [0.15, 0.2) is 29.1 Å². The van der Waals surface area contributed by atoms with Crippen LogP contribution in [0.4, 0.5) is 0 Å². The summed E-state index contributed by atoms with van der Waals surface area (Å²) in [7, 11) is 3.96. The first-order valence-electron chi connectivity index (χ1n) is 10.3. The Morgan fingerprint density at radius 2 is 2.00 bits per heavy atom. The van der Waals surface area contributed by atoms with Crippen LogP contribution in [0.2, 0.25) is 0 Å². The SMILES string of the molecule is CCn1c(C2CCCN(C(=O)c3ccc(CN)cc3)C2)nn(CCN(C)C)c1=O. The molecule has 1 aromatic carbocycles. The zero-order valence-electron chi connectivity index (χ0n) is 17.7. The molecule has 8 nitrogen and oxygen atoms in total.